The second kappa shape index (κ2) is 24.4. The van der Waals surface area contributed by atoms with Crippen molar-refractivity contribution in [2.45, 2.75) is 120 Å². The van der Waals surface area contributed by atoms with Crippen LogP contribution in [-0.2, 0) is 38.4 Å². The van der Waals surface area contributed by atoms with E-state index in [0.717, 1.165) is 25.0 Å². The monoisotopic (exact) mass is 925 g/mol. The lowest BCUT2D eigenvalue weighted by molar-refractivity contribution is -0.143. The highest BCUT2D eigenvalue weighted by atomic mass is 32.2. The highest BCUT2D eigenvalue weighted by Crippen LogP contribution is 2.33. The molecule has 5 rings (SSSR count). The van der Waals surface area contributed by atoms with Crippen LogP contribution in [-0.4, -0.2) is 130 Å². The molecule has 0 spiro atoms. The van der Waals surface area contributed by atoms with E-state index in [1.165, 1.54) is 4.90 Å². The van der Waals surface area contributed by atoms with Crippen LogP contribution in [0.1, 0.15) is 96.1 Å². The van der Waals surface area contributed by atoms with E-state index in [1.54, 1.807) is 23.8 Å². The Hall–Kier alpha value is -5.90. The summed E-state index contributed by atoms with van der Waals surface area (Å²) in [6.45, 7) is 3.32. The second-order valence-corrected chi connectivity index (χ2v) is 18.5. The molecule has 1 aromatic carbocycles. The number of aromatic nitrogens is 1. The standard InChI is InChI=1S/C43H63N11O10S/c1-24(2)18-25(19-34(56)53-64)40(60)51-37(27-20-46-28-11-4-3-10-26(27)28)42(62)54-17-9-13-31(54)41(61)48-21-35(57)47-22-36(58)49-29(39(44)59)12-7-8-16-45-33(55)15-6-5-14-32-38-30(23-65-32)50-43(63)52-38/h3-4,10-11,20,24-25,29-32,37-38,46,64H,5-9,12-19,21-23H2,1-2H3,(H2,44,59)(H,45,55)(H,47,57)(H,48,61)(H,49,58)(H,51,60)(H,53,56)(H2,50,52,63)/t25?,29-,30-,31-,32-,37-,38-/m0/s1. The highest BCUT2D eigenvalue weighted by Gasteiger charge is 2.43. The van der Waals surface area contributed by atoms with Crippen LogP contribution in [0.25, 0.3) is 10.9 Å². The molecule has 3 aliphatic heterocycles. The smallest absolute Gasteiger partial charge is 0.315 e. The number of rotatable bonds is 25. The maximum atomic E-state index is 14.4. The average molecular weight is 926 g/mol. The Morgan fingerprint density at radius 3 is 2.43 bits per heavy atom. The Bertz CT molecular complexity index is 2050. The van der Waals surface area contributed by atoms with Crippen molar-refractivity contribution in [3.8, 4) is 0 Å². The number of likely N-dealkylation sites (tertiary alicyclic amines) is 1. The van der Waals surface area contributed by atoms with E-state index < -0.39 is 78.5 Å². The molecule has 3 fully saturated rings. The number of primary amides is 1. The summed E-state index contributed by atoms with van der Waals surface area (Å²) in [4.78, 5) is 119. The highest BCUT2D eigenvalue weighted by molar-refractivity contribution is 8.00. The van der Waals surface area contributed by atoms with Crippen LogP contribution in [0.3, 0.4) is 0 Å². The topological polar surface area (TPSA) is 315 Å². The molecule has 4 heterocycles. The van der Waals surface area contributed by atoms with Crippen molar-refractivity contribution in [3.05, 3.63) is 36.0 Å². The summed E-state index contributed by atoms with van der Waals surface area (Å²) in [5, 5.41) is 29.2. The molecule has 1 aromatic heterocycles. The molecule has 2 aromatic rings. The van der Waals surface area contributed by atoms with Gasteiger partial charge in [0.15, 0.2) is 0 Å². The number of carbonyl (C=O) groups is 9. The fourth-order valence-corrected chi connectivity index (χ4v) is 10.1. The number of carbonyl (C=O) groups excluding carboxylic acids is 9. The number of hydrogen-bond donors (Lipinski definition) is 11. The number of H-pyrrole nitrogens is 1. The molecule has 356 valence electrons. The number of aromatic amines is 1. The van der Waals surface area contributed by atoms with Gasteiger partial charge in [-0.3, -0.25) is 43.6 Å². The molecule has 0 radical (unpaired) electrons. The lowest BCUT2D eigenvalue weighted by Crippen LogP contribution is -2.52. The van der Waals surface area contributed by atoms with Gasteiger partial charge in [0.05, 0.1) is 25.2 Å². The minimum atomic E-state index is -1.25. The van der Waals surface area contributed by atoms with E-state index in [4.69, 9.17) is 10.9 Å². The Labute approximate surface area is 381 Å². The van der Waals surface area contributed by atoms with Crippen molar-refractivity contribution < 1.29 is 48.4 Å². The number of para-hydroxylation sites is 1. The predicted octanol–water partition coefficient (Wildman–Crippen LogP) is 0.0888. The summed E-state index contributed by atoms with van der Waals surface area (Å²) in [7, 11) is 0. The van der Waals surface area contributed by atoms with Gasteiger partial charge in [0.1, 0.15) is 18.1 Å². The van der Waals surface area contributed by atoms with Gasteiger partial charge in [0.25, 0.3) is 5.91 Å². The third-order valence-corrected chi connectivity index (χ3v) is 13.4. The van der Waals surface area contributed by atoms with Gasteiger partial charge in [0.2, 0.25) is 41.4 Å². The molecule has 0 aliphatic carbocycles. The number of amides is 10. The third kappa shape index (κ3) is 14.6. The third-order valence-electron chi connectivity index (χ3n) is 11.9. The van der Waals surface area contributed by atoms with Crippen LogP contribution < -0.4 is 48.4 Å². The minimum Gasteiger partial charge on any atom is -0.368 e. The quantitative estimate of drug-likeness (QED) is 0.0275. The largest absolute Gasteiger partial charge is 0.368 e. The molecule has 3 aliphatic rings. The maximum absolute atomic E-state index is 14.4. The van der Waals surface area contributed by atoms with E-state index in [2.05, 4.69) is 42.2 Å². The summed E-state index contributed by atoms with van der Waals surface area (Å²) >= 11 is 1.84. The number of nitrogens with one attached hydrogen (secondary N) is 9. The van der Waals surface area contributed by atoms with Gasteiger partial charge >= 0.3 is 6.03 Å². The Balaban J connectivity index is 1.03. The molecule has 0 bridgehead atoms. The molecule has 12 N–H and O–H groups in total. The Morgan fingerprint density at radius 2 is 1.68 bits per heavy atom. The number of benzene rings is 1. The molecule has 1 unspecified atom stereocenters. The number of hydrogen-bond acceptors (Lipinski definition) is 11. The van der Waals surface area contributed by atoms with Gasteiger partial charge in [-0.2, -0.15) is 11.8 Å². The van der Waals surface area contributed by atoms with Gasteiger partial charge in [-0.15, -0.1) is 0 Å². The summed E-state index contributed by atoms with van der Waals surface area (Å²) in [6, 6.07) is 4.16. The SMILES string of the molecule is CC(C)CC(CC(=O)NO)C(=O)N[C@H](C(=O)N1CCC[C@H]1C(=O)NCC(=O)NCC(=O)N[C@@H](CCCCNC(=O)CCCC[C@@H]1SC[C@@H]2NC(=O)N[C@@H]21)C(N)=O)c1c[nH]c2ccccc12. The molecule has 65 heavy (non-hydrogen) atoms. The van der Waals surface area contributed by atoms with Gasteiger partial charge in [-0.05, 0) is 63.4 Å². The first-order valence-electron chi connectivity index (χ1n) is 22.3. The zero-order valence-corrected chi connectivity index (χ0v) is 37.7. The predicted molar refractivity (Wildman–Crippen MR) is 239 cm³/mol. The maximum Gasteiger partial charge on any atom is 0.315 e. The van der Waals surface area contributed by atoms with Gasteiger partial charge in [0, 0.05) is 65.5 Å². The van der Waals surface area contributed by atoms with Gasteiger partial charge < -0.3 is 52.8 Å². The number of nitrogens with two attached hydrogens (primary N) is 1. The van der Waals surface area contributed by atoms with Crippen molar-refractivity contribution in [1.82, 2.24) is 52.6 Å². The molecule has 7 atom stereocenters. The summed E-state index contributed by atoms with van der Waals surface area (Å²) in [5.74, 6) is -4.68. The van der Waals surface area contributed by atoms with E-state index in [0.29, 0.717) is 60.4 Å². The molecule has 3 saturated heterocycles. The van der Waals surface area contributed by atoms with Crippen molar-refractivity contribution in [3.63, 3.8) is 0 Å². The first-order chi connectivity index (χ1) is 31.1. The normalized spacial score (nSPS) is 20.2. The van der Waals surface area contributed by atoms with Crippen LogP contribution in [0.5, 0.6) is 0 Å². The Morgan fingerprint density at radius 1 is 0.908 bits per heavy atom. The summed E-state index contributed by atoms with van der Waals surface area (Å²) in [6.07, 6.45) is 6.49. The summed E-state index contributed by atoms with van der Waals surface area (Å²) < 4.78 is 0. The lowest BCUT2D eigenvalue weighted by Gasteiger charge is -2.30. The Kier molecular flexibility index (Phi) is 18.8. The molecular formula is C43H63N11O10S. The van der Waals surface area contributed by atoms with Crippen LogP contribution in [0.15, 0.2) is 30.5 Å². The zero-order valence-electron chi connectivity index (χ0n) is 36.9. The number of urea groups is 1. The number of unbranched alkanes of at least 4 members (excludes halogenated alkanes) is 2. The fraction of sp³-hybridized carbons (Fsp3) is 0.605. The van der Waals surface area contributed by atoms with Crippen molar-refractivity contribution in [1.29, 1.82) is 0 Å². The second-order valence-electron chi connectivity index (χ2n) is 17.2. The molecule has 10 amide bonds. The molecule has 0 saturated carbocycles. The first-order valence-corrected chi connectivity index (χ1v) is 23.4. The van der Waals surface area contributed by atoms with Crippen LogP contribution >= 0.6 is 11.8 Å². The zero-order chi connectivity index (χ0) is 47.0. The van der Waals surface area contributed by atoms with E-state index in [1.807, 2.05) is 37.7 Å². The van der Waals surface area contributed by atoms with E-state index in [-0.39, 0.29) is 55.7 Å². The van der Waals surface area contributed by atoms with Crippen LogP contribution in [0.4, 0.5) is 4.79 Å². The number of nitrogens with zero attached hydrogens (tertiary/aromatic N) is 1. The van der Waals surface area contributed by atoms with E-state index >= 15 is 0 Å². The van der Waals surface area contributed by atoms with Crippen molar-refractivity contribution >= 4 is 76.0 Å². The molecule has 22 heteroatoms. The molecule has 21 nitrogen and oxygen atoms in total. The van der Waals surface area contributed by atoms with Crippen LogP contribution in [0.2, 0.25) is 0 Å². The van der Waals surface area contributed by atoms with Crippen molar-refractivity contribution in [2.75, 3.05) is 31.9 Å². The van der Waals surface area contributed by atoms with Crippen molar-refractivity contribution in [2.24, 2.45) is 17.6 Å². The number of fused-ring (bicyclic) bond motifs is 2. The number of hydroxylamine groups is 1. The average Bonchev–Trinajstić information content (AvgIpc) is 4.09. The van der Waals surface area contributed by atoms with Gasteiger partial charge in [-0.25, -0.2) is 10.3 Å². The first kappa shape index (κ1) is 50.1. The minimum absolute atomic E-state index is 0.00793. The fourth-order valence-electron chi connectivity index (χ4n) is 8.58. The van der Waals surface area contributed by atoms with E-state index in [9.17, 15) is 43.2 Å². The summed E-state index contributed by atoms with van der Waals surface area (Å²) in [5.41, 5.74) is 8.24. The van der Waals surface area contributed by atoms with Crippen LogP contribution in [0, 0.1) is 11.8 Å². The number of thioether (sulfide) groups is 1. The lowest BCUT2D eigenvalue weighted by atomic mass is 9.92. The van der Waals surface area contributed by atoms with Gasteiger partial charge in [-0.1, -0.05) is 38.5 Å². The molecular weight excluding hydrogens is 863 g/mol.